The number of rotatable bonds is 9. The van der Waals surface area contributed by atoms with Crippen molar-refractivity contribution in [3.8, 4) is 0 Å². The molecule has 0 aliphatic heterocycles. The van der Waals surface area contributed by atoms with Crippen LogP contribution < -0.4 is 4.90 Å². The molecule has 0 spiro atoms. The number of hydrogen-bond acceptors (Lipinski definition) is 8. The molecule has 2 fully saturated rings. The number of esters is 1. The Morgan fingerprint density at radius 2 is 1.65 bits per heavy atom. The van der Waals surface area contributed by atoms with Gasteiger partial charge in [-0.15, -0.1) is 0 Å². The maximum Gasteiger partial charge on any atom is 0.303 e. The minimum atomic E-state index is -1.34. The molecule has 0 bridgehead atoms. The Hall–Kier alpha value is -3.78. The van der Waals surface area contributed by atoms with Crippen LogP contribution in [0.5, 0.6) is 0 Å². The molecule has 0 heterocycles. The molecule has 0 saturated heterocycles. The van der Waals surface area contributed by atoms with Gasteiger partial charge in [-0.3, -0.25) is 24.0 Å². The van der Waals surface area contributed by atoms with Crippen LogP contribution in [0.1, 0.15) is 94.0 Å². The Labute approximate surface area is 287 Å². The summed E-state index contributed by atoms with van der Waals surface area (Å²) >= 11 is 1.01. The van der Waals surface area contributed by atoms with E-state index in [0.29, 0.717) is 49.7 Å². The van der Waals surface area contributed by atoms with Gasteiger partial charge >= 0.3 is 5.97 Å². The minimum Gasteiger partial charge on any atom is -0.451 e. The first-order valence-electron chi connectivity index (χ1n) is 17.2. The van der Waals surface area contributed by atoms with Crippen molar-refractivity contribution in [1.29, 1.82) is 0 Å². The first-order chi connectivity index (χ1) is 22.9. The van der Waals surface area contributed by atoms with Crippen LogP contribution in [-0.2, 0) is 23.9 Å². The molecule has 0 amide bonds. The molecule has 8 heteroatoms. The van der Waals surface area contributed by atoms with Crippen LogP contribution >= 0.6 is 11.8 Å². The van der Waals surface area contributed by atoms with Crippen LogP contribution in [0, 0.1) is 17.3 Å². The second kappa shape index (κ2) is 13.3. The lowest BCUT2D eigenvalue weighted by molar-refractivity contribution is -0.182. The lowest BCUT2D eigenvalue weighted by atomic mass is 9.50. The normalized spacial score (nSPS) is 27.9. The van der Waals surface area contributed by atoms with Crippen molar-refractivity contribution in [3.05, 3.63) is 88.0 Å². The van der Waals surface area contributed by atoms with Gasteiger partial charge < -0.3 is 9.64 Å². The molecular formula is C40H45NO6S. The number of hydrogen-bond donors (Lipinski definition) is 0. The predicted octanol–water partition coefficient (Wildman–Crippen LogP) is 7.45. The minimum absolute atomic E-state index is 0.0248. The molecule has 0 radical (unpaired) electrons. The summed E-state index contributed by atoms with van der Waals surface area (Å²) in [7, 11) is 4.01. The first-order valence-corrected chi connectivity index (χ1v) is 18.2. The monoisotopic (exact) mass is 667 g/mol. The van der Waals surface area contributed by atoms with Crippen molar-refractivity contribution in [2.45, 2.75) is 83.7 Å². The van der Waals surface area contributed by atoms with E-state index in [4.69, 9.17) is 4.74 Å². The second-order valence-electron chi connectivity index (χ2n) is 14.2. The van der Waals surface area contributed by atoms with Gasteiger partial charge in [0.25, 0.3) is 0 Å². The molecule has 4 aliphatic carbocycles. The van der Waals surface area contributed by atoms with E-state index in [9.17, 15) is 24.0 Å². The van der Waals surface area contributed by atoms with Gasteiger partial charge in [-0.2, -0.15) is 0 Å². The third-order valence-corrected chi connectivity index (χ3v) is 12.6. The number of ketones is 3. The van der Waals surface area contributed by atoms with Crippen molar-refractivity contribution in [2.24, 2.45) is 17.3 Å². The molecule has 4 aliphatic rings. The van der Waals surface area contributed by atoms with Gasteiger partial charge in [0.05, 0.1) is 11.3 Å². The van der Waals surface area contributed by atoms with Crippen LogP contribution in [0.2, 0.25) is 0 Å². The number of Topliss-reactive ketones (excluding diaryl/α,β-unsaturated/α-hetero) is 3. The SMILES string of the molecule is CCC(=O)SCC(=O)[C@@]1(OC(C)=O)CCC2C3CCC4=C(C(=O)c5ccccc5)C(=O)CCC4=C3C(c3ccc(N(C)C)cc3)C[C@@]21C. The van der Waals surface area contributed by atoms with Gasteiger partial charge in [0, 0.05) is 56.4 Å². The first kappa shape index (κ1) is 34.1. The van der Waals surface area contributed by atoms with Crippen LogP contribution in [-0.4, -0.2) is 53.9 Å². The van der Waals surface area contributed by atoms with Gasteiger partial charge in [0.15, 0.2) is 28.1 Å². The number of nitrogens with zero attached hydrogens (tertiary/aromatic N) is 1. The summed E-state index contributed by atoms with van der Waals surface area (Å²) in [5, 5.41) is -0.0603. The fourth-order valence-corrected chi connectivity index (χ4v) is 10.1. The third-order valence-electron chi connectivity index (χ3n) is 11.5. The molecule has 2 aromatic carbocycles. The molecule has 0 aromatic heterocycles. The molecule has 2 aromatic rings. The fourth-order valence-electron chi connectivity index (χ4n) is 9.34. The maximum absolute atomic E-state index is 14.3. The quantitative estimate of drug-likeness (QED) is 0.155. The summed E-state index contributed by atoms with van der Waals surface area (Å²) in [6.45, 7) is 5.27. The topological polar surface area (TPSA) is 97.8 Å². The van der Waals surface area contributed by atoms with Gasteiger partial charge in [0.1, 0.15) is 0 Å². The molecule has 252 valence electrons. The van der Waals surface area contributed by atoms with Crippen molar-refractivity contribution < 1.29 is 28.7 Å². The number of carbonyl (C=O) groups is 5. The van der Waals surface area contributed by atoms with E-state index >= 15 is 0 Å². The second-order valence-corrected chi connectivity index (χ2v) is 15.2. The lowest BCUT2D eigenvalue weighted by Crippen LogP contribution is -2.58. The van der Waals surface area contributed by atoms with E-state index < -0.39 is 17.0 Å². The van der Waals surface area contributed by atoms with Crippen LogP contribution in [0.3, 0.4) is 0 Å². The average Bonchev–Trinajstić information content (AvgIpc) is 3.38. The number of carbonyl (C=O) groups excluding carboxylic acids is 5. The standard InChI is InChI=1S/C40H45NO6S/c1-6-35(45)48-23-34(44)40(47-24(2)42)21-20-32-30-17-16-29-28(18-19-33(43)37(29)38(46)26-10-8-7-9-11-26)36(30)31(22-39(32,40)3)25-12-14-27(15-13-25)41(4)5/h7-15,30-32H,6,16-23H2,1-5H3/t30?,31?,32?,39-,40-/m0/s1. The number of benzene rings is 2. The number of anilines is 1. The van der Waals surface area contributed by atoms with Gasteiger partial charge in [-0.05, 0) is 79.2 Å². The zero-order valence-electron chi connectivity index (χ0n) is 28.6. The summed E-state index contributed by atoms with van der Waals surface area (Å²) in [4.78, 5) is 68.7. The smallest absolute Gasteiger partial charge is 0.303 e. The van der Waals surface area contributed by atoms with Gasteiger partial charge in [-0.1, -0.05) is 73.6 Å². The Morgan fingerprint density at radius 1 is 0.938 bits per heavy atom. The molecule has 48 heavy (non-hydrogen) atoms. The number of allylic oxidation sites excluding steroid dienone is 4. The summed E-state index contributed by atoms with van der Waals surface area (Å²) in [5.74, 6) is -0.961. The zero-order valence-corrected chi connectivity index (χ0v) is 29.4. The van der Waals surface area contributed by atoms with Gasteiger partial charge in [0.2, 0.25) is 0 Å². The van der Waals surface area contributed by atoms with Crippen molar-refractivity contribution in [1.82, 2.24) is 0 Å². The van der Waals surface area contributed by atoms with E-state index in [1.807, 2.05) is 32.3 Å². The number of thioether (sulfide) groups is 1. The van der Waals surface area contributed by atoms with Gasteiger partial charge in [-0.25, -0.2) is 0 Å². The molecule has 6 rings (SSSR count). The van der Waals surface area contributed by atoms with E-state index in [1.54, 1.807) is 19.1 Å². The van der Waals surface area contributed by atoms with Crippen molar-refractivity contribution >= 4 is 45.9 Å². The maximum atomic E-state index is 14.3. The molecular weight excluding hydrogens is 623 g/mol. The molecule has 0 N–H and O–H groups in total. The highest BCUT2D eigenvalue weighted by molar-refractivity contribution is 8.14. The van der Waals surface area contributed by atoms with E-state index in [2.05, 4.69) is 36.1 Å². The number of ether oxygens (including phenoxy) is 1. The molecule has 7 nitrogen and oxygen atoms in total. The molecule has 5 atom stereocenters. The molecule has 2 saturated carbocycles. The largest absolute Gasteiger partial charge is 0.451 e. The van der Waals surface area contributed by atoms with E-state index in [1.165, 1.54) is 12.5 Å². The van der Waals surface area contributed by atoms with Crippen molar-refractivity contribution in [2.75, 3.05) is 24.7 Å². The highest BCUT2D eigenvalue weighted by Crippen LogP contribution is 2.68. The fraction of sp³-hybridized carbons (Fsp3) is 0.475. The van der Waals surface area contributed by atoms with Crippen LogP contribution in [0.15, 0.2) is 76.9 Å². The van der Waals surface area contributed by atoms with Crippen molar-refractivity contribution in [3.63, 3.8) is 0 Å². The Bertz CT molecular complexity index is 1720. The highest BCUT2D eigenvalue weighted by Gasteiger charge is 2.68. The number of fused-ring (bicyclic) bond motifs is 4. The summed E-state index contributed by atoms with van der Waals surface area (Å²) in [5.41, 5.74) is 4.31. The predicted molar refractivity (Wildman–Crippen MR) is 188 cm³/mol. The van der Waals surface area contributed by atoms with E-state index in [0.717, 1.165) is 40.6 Å². The average molecular weight is 668 g/mol. The highest BCUT2D eigenvalue weighted by atomic mass is 32.2. The zero-order chi connectivity index (χ0) is 34.4. The Kier molecular flexibility index (Phi) is 9.42. The lowest BCUT2D eigenvalue weighted by Gasteiger charge is -2.55. The Balaban J connectivity index is 1.52. The summed E-state index contributed by atoms with van der Waals surface area (Å²) in [6, 6.07) is 17.6. The summed E-state index contributed by atoms with van der Waals surface area (Å²) < 4.78 is 6.20. The summed E-state index contributed by atoms with van der Waals surface area (Å²) in [6.07, 6.45) is 4.25. The third kappa shape index (κ3) is 5.70. The van der Waals surface area contributed by atoms with Crippen LogP contribution in [0.4, 0.5) is 5.69 Å². The molecule has 3 unspecified atom stereocenters. The van der Waals surface area contributed by atoms with Crippen LogP contribution in [0.25, 0.3) is 0 Å². The Morgan fingerprint density at radius 3 is 2.29 bits per heavy atom. The van der Waals surface area contributed by atoms with E-state index in [-0.39, 0.29) is 52.4 Å².